The fourth-order valence-corrected chi connectivity index (χ4v) is 3.70. The number of aromatic nitrogens is 1. The SMILES string of the molecule is CC(c1cccc(Cl)c1)N(C)S(=O)(=O)c1ccnc(Cl)c1. The molecule has 0 aliphatic heterocycles. The van der Waals surface area contributed by atoms with Crippen LogP contribution in [0, 0.1) is 0 Å². The van der Waals surface area contributed by atoms with Gasteiger partial charge in [-0.3, -0.25) is 0 Å². The minimum atomic E-state index is -3.66. The van der Waals surface area contributed by atoms with Gasteiger partial charge < -0.3 is 0 Å². The summed E-state index contributed by atoms with van der Waals surface area (Å²) in [5.74, 6) is 0. The first-order valence-corrected chi connectivity index (χ1v) is 8.37. The minimum absolute atomic E-state index is 0.110. The molecule has 0 saturated carbocycles. The van der Waals surface area contributed by atoms with Crippen molar-refractivity contribution in [2.75, 3.05) is 7.05 Å². The van der Waals surface area contributed by atoms with E-state index in [0.29, 0.717) is 5.02 Å². The van der Waals surface area contributed by atoms with E-state index in [-0.39, 0.29) is 16.1 Å². The highest BCUT2D eigenvalue weighted by molar-refractivity contribution is 7.89. The van der Waals surface area contributed by atoms with E-state index >= 15 is 0 Å². The number of hydrogen-bond acceptors (Lipinski definition) is 3. The Morgan fingerprint density at radius 3 is 2.52 bits per heavy atom. The first-order chi connectivity index (χ1) is 9.82. The van der Waals surface area contributed by atoms with Crippen LogP contribution in [-0.4, -0.2) is 24.8 Å². The van der Waals surface area contributed by atoms with Crippen LogP contribution in [0.5, 0.6) is 0 Å². The molecule has 2 rings (SSSR count). The Morgan fingerprint density at radius 2 is 1.90 bits per heavy atom. The molecule has 21 heavy (non-hydrogen) atoms. The zero-order valence-corrected chi connectivity index (χ0v) is 13.8. The maximum Gasteiger partial charge on any atom is 0.243 e. The molecule has 4 nitrogen and oxygen atoms in total. The highest BCUT2D eigenvalue weighted by Crippen LogP contribution is 2.27. The Hall–Kier alpha value is -1.14. The van der Waals surface area contributed by atoms with Crippen molar-refractivity contribution < 1.29 is 8.42 Å². The van der Waals surface area contributed by atoms with Crippen LogP contribution in [-0.2, 0) is 10.0 Å². The maximum absolute atomic E-state index is 12.6. The lowest BCUT2D eigenvalue weighted by Crippen LogP contribution is -2.29. The summed E-state index contributed by atoms with van der Waals surface area (Å²) in [7, 11) is -2.13. The first kappa shape index (κ1) is 16.2. The lowest BCUT2D eigenvalue weighted by atomic mass is 10.1. The lowest BCUT2D eigenvalue weighted by molar-refractivity contribution is 0.398. The van der Waals surface area contributed by atoms with Crippen LogP contribution < -0.4 is 0 Å². The van der Waals surface area contributed by atoms with E-state index in [2.05, 4.69) is 4.98 Å². The molecule has 0 amide bonds. The lowest BCUT2D eigenvalue weighted by Gasteiger charge is -2.24. The molecule has 2 aromatic rings. The topological polar surface area (TPSA) is 50.3 Å². The van der Waals surface area contributed by atoms with E-state index in [0.717, 1.165) is 5.56 Å². The Bertz CT molecular complexity index is 750. The molecule has 0 bridgehead atoms. The highest BCUT2D eigenvalue weighted by atomic mass is 35.5. The zero-order valence-electron chi connectivity index (χ0n) is 11.5. The molecule has 7 heteroatoms. The van der Waals surface area contributed by atoms with Crippen LogP contribution in [0.25, 0.3) is 0 Å². The average Bonchev–Trinajstić information content (AvgIpc) is 2.45. The van der Waals surface area contributed by atoms with Crippen molar-refractivity contribution in [2.24, 2.45) is 0 Å². The van der Waals surface area contributed by atoms with E-state index in [1.807, 2.05) is 6.07 Å². The second-order valence-electron chi connectivity index (χ2n) is 4.57. The third-order valence-corrected chi connectivity index (χ3v) is 5.62. The fourth-order valence-electron chi connectivity index (χ4n) is 1.90. The van der Waals surface area contributed by atoms with Crippen molar-refractivity contribution in [3.8, 4) is 0 Å². The second kappa shape index (κ2) is 6.32. The Balaban J connectivity index is 2.36. The summed E-state index contributed by atoms with van der Waals surface area (Å²) in [5, 5.41) is 0.706. The first-order valence-electron chi connectivity index (χ1n) is 6.17. The summed E-state index contributed by atoms with van der Waals surface area (Å²) in [6.45, 7) is 1.80. The maximum atomic E-state index is 12.6. The van der Waals surface area contributed by atoms with E-state index in [9.17, 15) is 8.42 Å². The molecule has 0 fully saturated rings. The van der Waals surface area contributed by atoms with Gasteiger partial charge in [0.1, 0.15) is 5.15 Å². The van der Waals surface area contributed by atoms with Gasteiger partial charge in [-0.1, -0.05) is 35.3 Å². The molecule has 112 valence electrons. The van der Waals surface area contributed by atoms with Crippen LogP contribution in [0.1, 0.15) is 18.5 Å². The summed E-state index contributed by atoms with van der Waals surface area (Å²) in [4.78, 5) is 3.90. The van der Waals surface area contributed by atoms with Gasteiger partial charge in [0, 0.05) is 24.3 Å². The van der Waals surface area contributed by atoms with Crippen LogP contribution in [0.4, 0.5) is 0 Å². The summed E-state index contributed by atoms with van der Waals surface area (Å²) in [5.41, 5.74) is 0.814. The van der Waals surface area contributed by atoms with Gasteiger partial charge in [0.05, 0.1) is 4.90 Å². The molecule has 0 saturated heterocycles. The van der Waals surface area contributed by atoms with Gasteiger partial charge in [0.25, 0.3) is 0 Å². The second-order valence-corrected chi connectivity index (χ2v) is 7.39. The van der Waals surface area contributed by atoms with Crippen molar-refractivity contribution in [3.63, 3.8) is 0 Å². The number of hydrogen-bond donors (Lipinski definition) is 0. The Labute approximate surface area is 134 Å². The smallest absolute Gasteiger partial charge is 0.243 e. The van der Waals surface area contributed by atoms with Gasteiger partial charge in [-0.05, 0) is 36.8 Å². The van der Waals surface area contributed by atoms with Crippen molar-refractivity contribution in [1.29, 1.82) is 0 Å². The number of sulfonamides is 1. The number of benzene rings is 1. The van der Waals surface area contributed by atoms with E-state index in [1.54, 1.807) is 25.1 Å². The van der Waals surface area contributed by atoms with E-state index < -0.39 is 10.0 Å². The number of pyridine rings is 1. The Kier molecular flexibility index (Phi) is 4.88. The average molecular weight is 345 g/mol. The molecule has 1 aromatic heterocycles. The third-order valence-electron chi connectivity index (χ3n) is 3.25. The predicted octanol–water partition coefficient (Wildman–Crippen LogP) is 3.77. The van der Waals surface area contributed by atoms with Crippen molar-refractivity contribution in [2.45, 2.75) is 17.9 Å². The summed E-state index contributed by atoms with van der Waals surface area (Å²) in [6.07, 6.45) is 1.37. The third kappa shape index (κ3) is 3.55. The molecule has 1 aromatic carbocycles. The molecule has 1 heterocycles. The van der Waals surface area contributed by atoms with Crippen LogP contribution in [0.3, 0.4) is 0 Å². The molecule has 1 unspecified atom stereocenters. The summed E-state index contributed by atoms with van der Waals surface area (Å²) >= 11 is 11.7. The van der Waals surface area contributed by atoms with Crippen molar-refractivity contribution in [3.05, 3.63) is 58.3 Å². The fraction of sp³-hybridized carbons (Fsp3) is 0.214. The van der Waals surface area contributed by atoms with Gasteiger partial charge in [0.15, 0.2) is 0 Å². The minimum Gasteiger partial charge on any atom is -0.244 e. The Morgan fingerprint density at radius 1 is 1.19 bits per heavy atom. The molecular weight excluding hydrogens is 331 g/mol. The molecule has 1 atom stereocenters. The largest absolute Gasteiger partial charge is 0.244 e. The molecule has 0 N–H and O–H groups in total. The monoisotopic (exact) mass is 344 g/mol. The van der Waals surface area contributed by atoms with Crippen LogP contribution >= 0.6 is 23.2 Å². The van der Waals surface area contributed by atoms with Gasteiger partial charge >= 0.3 is 0 Å². The number of nitrogens with zero attached hydrogens (tertiary/aromatic N) is 2. The van der Waals surface area contributed by atoms with E-state index in [4.69, 9.17) is 23.2 Å². The quantitative estimate of drug-likeness (QED) is 0.793. The van der Waals surface area contributed by atoms with Crippen molar-refractivity contribution in [1.82, 2.24) is 9.29 Å². The standard InChI is InChI=1S/C14H14Cl2N2O2S/c1-10(11-4-3-5-12(15)8-11)18(2)21(19,20)13-6-7-17-14(16)9-13/h3-10H,1-2H3. The normalized spacial score (nSPS) is 13.4. The molecular formula is C14H14Cl2N2O2S. The molecule has 0 aliphatic rings. The number of halogens is 2. The van der Waals surface area contributed by atoms with Crippen molar-refractivity contribution >= 4 is 33.2 Å². The predicted molar refractivity (Wildman–Crippen MR) is 84.1 cm³/mol. The van der Waals surface area contributed by atoms with Gasteiger partial charge in [-0.25, -0.2) is 13.4 Å². The highest BCUT2D eigenvalue weighted by Gasteiger charge is 2.26. The summed E-state index contributed by atoms with van der Waals surface area (Å²) in [6, 6.07) is 9.51. The van der Waals surface area contributed by atoms with Crippen LogP contribution in [0.2, 0.25) is 10.2 Å². The molecule has 0 spiro atoms. The number of rotatable bonds is 4. The van der Waals surface area contributed by atoms with Crippen LogP contribution in [0.15, 0.2) is 47.5 Å². The molecule has 0 radical (unpaired) electrons. The molecule has 0 aliphatic carbocycles. The van der Waals surface area contributed by atoms with Gasteiger partial charge in [0.2, 0.25) is 10.0 Å². The van der Waals surface area contributed by atoms with Gasteiger partial charge in [-0.15, -0.1) is 0 Å². The van der Waals surface area contributed by atoms with Gasteiger partial charge in [-0.2, -0.15) is 4.31 Å². The zero-order chi connectivity index (χ0) is 15.6. The summed E-state index contributed by atoms with van der Waals surface area (Å²) < 4.78 is 26.5. The van der Waals surface area contributed by atoms with E-state index in [1.165, 1.54) is 29.7 Å².